The first kappa shape index (κ1) is 17.6. The van der Waals surface area contributed by atoms with E-state index in [1.54, 1.807) is 19.1 Å². The Morgan fingerprint density at radius 3 is 2.38 bits per heavy atom. The first-order chi connectivity index (χ1) is 9.98. The minimum absolute atomic E-state index is 0.0943. The molecule has 0 unspecified atom stereocenters. The van der Waals surface area contributed by atoms with Crippen LogP contribution < -0.4 is 0 Å². The zero-order chi connectivity index (χ0) is 15.7. The van der Waals surface area contributed by atoms with Gasteiger partial charge in [0.1, 0.15) is 0 Å². The first-order valence-corrected chi connectivity index (χ1v) is 8.03. The maximum absolute atomic E-state index is 11.5. The summed E-state index contributed by atoms with van der Waals surface area (Å²) >= 11 is 0. The molecule has 1 aromatic carbocycles. The van der Waals surface area contributed by atoms with E-state index in [0.29, 0.717) is 18.6 Å². The van der Waals surface area contributed by atoms with Crippen molar-refractivity contribution in [2.45, 2.75) is 26.2 Å². The number of carbonyl (C=O) groups excluding carboxylic acids is 1. The van der Waals surface area contributed by atoms with Gasteiger partial charge in [-0.25, -0.2) is 8.98 Å². The van der Waals surface area contributed by atoms with E-state index in [9.17, 15) is 13.2 Å². The van der Waals surface area contributed by atoms with Gasteiger partial charge >= 0.3 is 16.4 Å². The molecule has 21 heavy (non-hydrogen) atoms. The molecular weight excluding hydrogens is 296 g/mol. The molecule has 0 aliphatic carbocycles. The maximum atomic E-state index is 11.5. The summed E-state index contributed by atoms with van der Waals surface area (Å²) in [6.07, 6.45) is 2.15. The summed E-state index contributed by atoms with van der Waals surface area (Å²) in [4.78, 5) is 11.5. The number of carbonyl (C=O) groups is 1. The molecule has 0 heterocycles. The topological polar surface area (TPSA) is 78.9 Å². The maximum Gasteiger partial charge on any atom is 0.399 e. The predicted octanol–water partition coefficient (Wildman–Crippen LogP) is 2.09. The van der Waals surface area contributed by atoms with E-state index < -0.39 is 10.4 Å². The van der Waals surface area contributed by atoms with E-state index in [1.165, 1.54) is 0 Å². The molecule has 0 radical (unpaired) electrons. The van der Waals surface area contributed by atoms with Crippen molar-refractivity contribution in [3.8, 4) is 0 Å². The van der Waals surface area contributed by atoms with Gasteiger partial charge in [-0.2, -0.15) is 8.42 Å². The van der Waals surface area contributed by atoms with Gasteiger partial charge in [0.25, 0.3) is 0 Å². The Morgan fingerprint density at radius 2 is 1.81 bits per heavy atom. The summed E-state index contributed by atoms with van der Waals surface area (Å²) in [6.45, 7) is 2.21. The first-order valence-electron chi connectivity index (χ1n) is 6.69. The zero-order valence-corrected chi connectivity index (χ0v) is 13.0. The molecule has 0 saturated carbocycles. The molecule has 0 fully saturated rings. The van der Waals surface area contributed by atoms with Crippen LogP contribution in [-0.4, -0.2) is 34.7 Å². The van der Waals surface area contributed by atoms with Crippen LogP contribution in [0.1, 0.15) is 35.7 Å². The second-order valence-electron chi connectivity index (χ2n) is 4.27. The Balaban J connectivity index is 2.32. The molecule has 0 aliphatic rings. The third-order valence-corrected chi connectivity index (χ3v) is 3.62. The van der Waals surface area contributed by atoms with Crippen LogP contribution in [0.5, 0.6) is 0 Å². The van der Waals surface area contributed by atoms with Crippen molar-refractivity contribution in [3.63, 3.8) is 0 Å². The number of benzene rings is 1. The summed E-state index contributed by atoms with van der Waals surface area (Å²) < 4.78 is 35.4. The van der Waals surface area contributed by atoms with Crippen LogP contribution in [-0.2, 0) is 29.9 Å². The minimum Gasteiger partial charge on any atom is -0.462 e. The molecule has 118 valence electrons. The monoisotopic (exact) mass is 316 g/mol. The van der Waals surface area contributed by atoms with Crippen LogP contribution in [0.2, 0.25) is 0 Å². The molecule has 0 spiro atoms. The molecule has 0 aromatic heterocycles. The van der Waals surface area contributed by atoms with Gasteiger partial charge in [-0.3, -0.25) is 4.18 Å². The average molecular weight is 316 g/mol. The second kappa shape index (κ2) is 8.76. The third-order valence-electron chi connectivity index (χ3n) is 2.76. The fraction of sp³-hybridized carbons (Fsp3) is 0.500. The summed E-state index contributed by atoms with van der Waals surface area (Å²) in [5, 5.41) is 0. The van der Waals surface area contributed by atoms with Gasteiger partial charge in [0.15, 0.2) is 0 Å². The molecule has 7 heteroatoms. The van der Waals surface area contributed by atoms with Crippen molar-refractivity contribution in [2.24, 2.45) is 0 Å². The molecule has 1 aromatic rings. The van der Waals surface area contributed by atoms with E-state index in [4.69, 9.17) is 4.74 Å². The molecule has 6 nitrogen and oxygen atoms in total. The Bertz CT molecular complexity index is 535. The number of rotatable bonds is 9. The standard InChI is InChI=1S/C14H20O6S/c1-3-19-14(15)13-9-7-12(8-10-13)6-4-5-11-20-21(16,17)18-2/h7-10H,3-6,11H2,1-2H3. The molecular formula is C14H20O6S. The Hall–Kier alpha value is -1.44. The molecule has 0 aliphatic heterocycles. The van der Waals surface area contributed by atoms with Gasteiger partial charge in [-0.1, -0.05) is 12.1 Å². The Labute approximate surface area is 125 Å². The molecule has 0 N–H and O–H groups in total. The van der Waals surface area contributed by atoms with E-state index >= 15 is 0 Å². The van der Waals surface area contributed by atoms with Crippen LogP contribution in [0.25, 0.3) is 0 Å². The van der Waals surface area contributed by atoms with Crippen molar-refractivity contribution in [1.82, 2.24) is 0 Å². The average Bonchev–Trinajstić information content (AvgIpc) is 2.47. The molecule has 0 amide bonds. The quantitative estimate of drug-likeness (QED) is 0.513. The normalized spacial score (nSPS) is 11.3. The van der Waals surface area contributed by atoms with Crippen LogP contribution in [0.15, 0.2) is 24.3 Å². The molecule has 0 atom stereocenters. The molecule has 1 rings (SSSR count). The highest BCUT2D eigenvalue weighted by atomic mass is 32.3. The van der Waals surface area contributed by atoms with Crippen molar-refractivity contribution >= 4 is 16.4 Å². The lowest BCUT2D eigenvalue weighted by molar-refractivity contribution is 0.0526. The number of unbranched alkanes of at least 4 members (excludes halogenated alkanes) is 1. The fourth-order valence-electron chi connectivity index (χ4n) is 1.66. The highest BCUT2D eigenvalue weighted by Gasteiger charge is 2.08. The second-order valence-corrected chi connectivity index (χ2v) is 5.66. The number of esters is 1. The molecule has 0 saturated heterocycles. The van der Waals surface area contributed by atoms with Gasteiger partial charge in [0, 0.05) is 0 Å². The fourth-order valence-corrected chi connectivity index (χ4v) is 2.08. The Kier molecular flexibility index (Phi) is 7.35. The van der Waals surface area contributed by atoms with Crippen LogP contribution in [0.4, 0.5) is 0 Å². The zero-order valence-electron chi connectivity index (χ0n) is 12.2. The van der Waals surface area contributed by atoms with Gasteiger partial charge < -0.3 is 4.74 Å². The summed E-state index contributed by atoms with van der Waals surface area (Å²) in [7, 11) is -2.78. The number of hydrogen-bond donors (Lipinski definition) is 0. The van der Waals surface area contributed by atoms with Crippen LogP contribution in [0, 0.1) is 0 Å². The van der Waals surface area contributed by atoms with Crippen LogP contribution in [0.3, 0.4) is 0 Å². The van der Waals surface area contributed by atoms with Gasteiger partial charge in [0.05, 0.1) is 25.9 Å². The predicted molar refractivity (Wildman–Crippen MR) is 77.2 cm³/mol. The smallest absolute Gasteiger partial charge is 0.399 e. The largest absolute Gasteiger partial charge is 0.462 e. The third kappa shape index (κ3) is 6.70. The van der Waals surface area contributed by atoms with Crippen molar-refractivity contribution in [2.75, 3.05) is 20.3 Å². The highest BCUT2D eigenvalue weighted by molar-refractivity contribution is 7.81. The van der Waals surface area contributed by atoms with Crippen molar-refractivity contribution < 1.29 is 26.3 Å². The summed E-state index contributed by atoms with van der Waals surface area (Å²) in [6, 6.07) is 7.16. The van der Waals surface area contributed by atoms with E-state index in [-0.39, 0.29) is 12.6 Å². The number of hydrogen-bond acceptors (Lipinski definition) is 6. The van der Waals surface area contributed by atoms with Crippen LogP contribution >= 0.6 is 0 Å². The van der Waals surface area contributed by atoms with Gasteiger partial charge in [-0.15, -0.1) is 0 Å². The highest BCUT2D eigenvalue weighted by Crippen LogP contribution is 2.09. The van der Waals surface area contributed by atoms with E-state index in [1.807, 2.05) is 12.1 Å². The van der Waals surface area contributed by atoms with Crippen molar-refractivity contribution in [1.29, 1.82) is 0 Å². The lowest BCUT2D eigenvalue weighted by Gasteiger charge is -2.05. The summed E-state index contributed by atoms with van der Waals surface area (Å²) in [5.74, 6) is -0.331. The SMILES string of the molecule is CCOC(=O)c1ccc(CCCCOS(=O)(=O)OC)cc1. The van der Waals surface area contributed by atoms with Crippen molar-refractivity contribution in [3.05, 3.63) is 35.4 Å². The van der Waals surface area contributed by atoms with Gasteiger partial charge in [-0.05, 0) is 43.9 Å². The number of ether oxygens (including phenoxy) is 1. The van der Waals surface area contributed by atoms with E-state index in [0.717, 1.165) is 25.5 Å². The lowest BCUT2D eigenvalue weighted by atomic mass is 10.1. The van der Waals surface area contributed by atoms with Gasteiger partial charge in [0.2, 0.25) is 0 Å². The lowest BCUT2D eigenvalue weighted by Crippen LogP contribution is -2.08. The summed E-state index contributed by atoms with van der Waals surface area (Å²) in [5.41, 5.74) is 1.59. The minimum atomic E-state index is -3.84. The molecule has 0 bridgehead atoms. The Morgan fingerprint density at radius 1 is 1.14 bits per heavy atom. The number of aryl methyl sites for hydroxylation is 1. The van der Waals surface area contributed by atoms with E-state index in [2.05, 4.69) is 8.37 Å².